The molecule has 3 N–H and O–H groups in total. The Balaban J connectivity index is 1.62. The van der Waals surface area contributed by atoms with E-state index in [2.05, 4.69) is 17.6 Å². The number of rotatable bonds is 6. The van der Waals surface area contributed by atoms with E-state index in [1.165, 1.54) is 19.3 Å². The first kappa shape index (κ1) is 15.7. The molecule has 1 aliphatic carbocycles. The molecule has 4 unspecified atom stereocenters. The molecule has 2 fully saturated rings. The van der Waals surface area contributed by atoms with E-state index in [-0.39, 0.29) is 18.1 Å². The maximum Gasteiger partial charge on any atom is 0.237 e. The minimum Gasteiger partial charge on any atom is -0.389 e. The molecule has 1 aliphatic heterocycles. The van der Waals surface area contributed by atoms with Crippen LogP contribution in [0.3, 0.4) is 0 Å². The summed E-state index contributed by atoms with van der Waals surface area (Å²) in [5.74, 6) is 0.637. The Morgan fingerprint density at radius 3 is 2.90 bits per heavy atom. The molecule has 0 radical (unpaired) electrons. The van der Waals surface area contributed by atoms with Gasteiger partial charge in [0.05, 0.1) is 24.9 Å². The molecule has 2 aliphatic rings. The Labute approximate surface area is 121 Å². The summed E-state index contributed by atoms with van der Waals surface area (Å²) in [6.45, 7) is 3.76. The predicted molar refractivity (Wildman–Crippen MR) is 77.4 cm³/mol. The van der Waals surface area contributed by atoms with E-state index in [4.69, 9.17) is 4.74 Å². The van der Waals surface area contributed by atoms with E-state index >= 15 is 0 Å². The number of hydrogen-bond acceptors (Lipinski definition) is 4. The third kappa shape index (κ3) is 4.72. The van der Waals surface area contributed by atoms with Crippen molar-refractivity contribution in [2.45, 2.75) is 63.7 Å². The van der Waals surface area contributed by atoms with Crippen LogP contribution in [-0.4, -0.2) is 49.0 Å². The molecule has 1 heterocycles. The van der Waals surface area contributed by atoms with Crippen LogP contribution in [-0.2, 0) is 9.53 Å². The summed E-state index contributed by atoms with van der Waals surface area (Å²) in [4.78, 5) is 11.6. The number of amides is 1. The lowest BCUT2D eigenvalue weighted by atomic mass is 9.88. The van der Waals surface area contributed by atoms with Crippen molar-refractivity contribution in [1.82, 2.24) is 10.6 Å². The molecule has 0 spiro atoms. The summed E-state index contributed by atoms with van der Waals surface area (Å²) in [5, 5.41) is 15.9. The Morgan fingerprint density at radius 2 is 2.15 bits per heavy atom. The number of carbonyl (C=O) groups excluding carboxylic acids is 1. The van der Waals surface area contributed by atoms with Crippen molar-refractivity contribution in [3.8, 4) is 0 Å². The third-order valence-corrected chi connectivity index (χ3v) is 4.42. The van der Waals surface area contributed by atoms with Gasteiger partial charge in [-0.2, -0.15) is 0 Å². The van der Waals surface area contributed by atoms with Crippen molar-refractivity contribution in [2.75, 3.05) is 19.7 Å². The van der Waals surface area contributed by atoms with Crippen molar-refractivity contribution in [2.24, 2.45) is 5.92 Å². The molecule has 5 nitrogen and oxygen atoms in total. The quantitative estimate of drug-likeness (QED) is 0.675. The standard InChI is InChI=1S/C15H28N2O3/c1-11-5-2-3-7-14(11)20-10-12(18)9-17-13-6-4-8-16-15(13)19/h11-14,17-18H,2-10H2,1H3,(H,16,19). The van der Waals surface area contributed by atoms with Gasteiger partial charge in [-0.3, -0.25) is 4.79 Å². The number of piperidine rings is 1. The molecule has 1 saturated carbocycles. The second kappa shape index (κ2) is 7.96. The normalized spacial score (nSPS) is 32.7. The van der Waals surface area contributed by atoms with Crippen molar-refractivity contribution in [3.05, 3.63) is 0 Å². The maximum atomic E-state index is 11.6. The van der Waals surface area contributed by atoms with Crippen LogP contribution in [0.2, 0.25) is 0 Å². The molecule has 0 aromatic heterocycles. The van der Waals surface area contributed by atoms with Gasteiger partial charge >= 0.3 is 0 Å². The van der Waals surface area contributed by atoms with Crippen molar-refractivity contribution in [3.63, 3.8) is 0 Å². The van der Waals surface area contributed by atoms with Crippen LogP contribution >= 0.6 is 0 Å². The molecule has 1 saturated heterocycles. The maximum absolute atomic E-state index is 11.6. The molecule has 116 valence electrons. The highest BCUT2D eigenvalue weighted by Gasteiger charge is 2.24. The van der Waals surface area contributed by atoms with E-state index < -0.39 is 6.10 Å². The minimum atomic E-state index is -0.543. The number of aliphatic hydroxyl groups excluding tert-OH is 1. The fourth-order valence-electron chi connectivity index (χ4n) is 3.07. The SMILES string of the molecule is CC1CCCCC1OCC(O)CNC1CCCNC1=O. The molecule has 0 aromatic carbocycles. The summed E-state index contributed by atoms with van der Waals surface area (Å²) < 4.78 is 5.83. The Bertz CT molecular complexity index is 311. The lowest BCUT2D eigenvalue weighted by Gasteiger charge is -2.30. The van der Waals surface area contributed by atoms with Crippen LogP contribution in [0.25, 0.3) is 0 Å². The van der Waals surface area contributed by atoms with Gasteiger partial charge in [0, 0.05) is 13.1 Å². The summed E-state index contributed by atoms with van der Waals surface area (Å²) in [7, 11) is 0. The second-order valence-electron chi connectivity index (χ2n) is 6.18. The van der Waals surface area contributed by atoms with Crippen molar-refractivity contribution < 1.29 is 14.6 Å². The highest BCUT2D eigenvalue weighted by atomic mass is 16.5. The smallest absolute Gasteiger partial charge is 0.237 e. The van der Waals surface area contributed by atoms with Crippen molar-refractivity contribution in [1.29, 1.82) is 0 Å². The van der Waals surface area contributed by atoms with Crippen LogP contribution in [0.1, 0.15) is 45.4 Å². The Kier molecular flexibility index (Phi) is 6.26. The topological polar surface area (TPSA) is 70.6 Å². The monoisotopic (exact) mass is 284 g/mol. The zero-order valence-electron chi connectivity index (χ0n) is 12.4. The molecule has 1 amide bonds. The van der Waals surface area contributed by atoms with Crippen molar-refractivity contribution >= 4 is 5.91 Å². The van der Waals surface area contributed by atoms with Crippen LogP contribution in [0.5, 0.6) is 0 Å². The van der Waals surface area contributed by atoms with E-state index in [9.17, 15) is 9.90 Å². The number of nitrogens with one attached hydrogen (secondary N) is 2. The fraction of sp³-hybridized carbons (Fsp3) is 0.933. The lowest BCUT2D eigenvalue weighted by Crippen LogP contribution is -2.50. The predicted octanol–water partition coefficient (Wildman–Crippen LogP) is 0.811. The highest BCUT2D eigenvalue weighted by Crippen LogP contribution is 2.26. The van der Waals surface area contributed by atoms with E-state index in [1.807, 2.05) is 0 Å². The summed E-state index contributed by atoms with van der Waals surface area (Å²) in [6, 6.07) is -0.160. The Hall–Kier alpha value is -0.650. The van der Waals surface area contributed by atoms with Gasteiger partial charge in [0.1, 0.15) is 0 Å². The van der Waals surface area contributed by atoms with Gasteiger partial charge in [-0.15, -0.1) is 0 Å². The lowest BCUT2D eigenvalue weighted by molar-refractivity contribution is -0.124. The van der Waals surface area contributed by atoms with E-state index in [0.29, 0.717) is 19.1 Å². The first-order valence-corrected chi connectivity index (χ1v) is 7.97. The van der Waals surface area contributed by atoms with Crippen LogP contribution < -0.4 is 10.6 Å². The molecular formula is C15H28N2O3. The largest absolute Gasteiger partial charge is 0.389 e. The third-order valence-electron chi connectivity index (χ3n) is 4.42. The van der Waals surface area contributed by atoms with Crippen LogP contribution in [0.15, 0.2) is 0 Å². The zero-order valence-corrected chi connectivity index (χ0v) is 12.4. The minimum absolute atomic E-state index is 0.0465. The first-order chi connectivity index (χ1) is 9.66. The number of ether oxygens (including phenoxy) is 1. The van der Waals surface area contributed by atoms with Gasteiger partial charge in [-0.25, -0.2) is 0 Å². The van der Waals surface area contributed by atoms with Gasteiger partial charge in [0.2, 0.25) is 5.91 Å². The van der Waals surface area contributed by atoms with Gasteiger partial charge < -0.3 is 20.5 Å². The molecule has 5 heteroatoms. The van der Waals surface area contributed by atoms with Gasteiger partial charge in [-0.05, 0) is 31.6 Å². The summed E-state index contributed by atoms with van der Waals surface area (Å²) >= 11 is 0. The average molecular weight is 284 g/mol. The molecule has 4 atom stereocenters. The van der Waals surface area contributed by atoms with Gasteiger partial charge in [0.15, 0.2) is 0 Å². The molecule has 2 rings (SSSR count). The average Bonchev–Trinajstić information content (AvgIpc) is 2.45. The summed E-state index contributed by atoms with van der Waals surface area (Å²) in [6.07, 6.45) is 6.44. The molecular weight excluding hydrogens is 256 g/mol. The molecule has 0 bridgehead atoms. The number of carbonyl (C=O) groups is 1. The second-order valence-corrected chi connectivity index (χ2v) is 6.18. The number of aliphatic hydroxyl groups is 1. The van der Waals surface area contributed by atoms with Crippen LogP contribution in [0.4, 0.5) is 0 Å². The first-order valence-electron chi connectivity index (χ1n) is 7.97. The van der Waals surface area contributed by atoms with E-state index in [1.54, 1.807) is 0 Å². The van der Waals surface area contributed by atoms with Gasteiger partial charge in [0.25, 0.3) is 0 Å². The fourth-order valence-corrected chi connectivity index (χ4v) is 3.07. The van der Waals surface area contributed by atoms with E-state index in [0.717, 1.165) is 25.8 Å². The highest BCUT2D eigenvalue weighted by molar-refractivity contribution is 5.82. The summed E-state index contributed by atoms with van der Waals surface area (Å²) in [5.41, 5.74) is 0. The zero-order chi connectivity index (χ0) is 14.4. The Morgan fingerprint density at radius 1 is 1.35 bits per heavy atom. The van der Waals surface area contributed by atoms with Gasteiger partial charge in [-0.1, -0.05) is 19.8 Å². The van der Waals surface area contributed by atoms with Crippen LogP contribution in [0, 0.1) is 5.92 Å². The number of hydrogen-bond donors (Lipinski definition) is 3. The molecule has 0 aromatic rings. The molecule has 20 heavy (non-hydrogen) atoms.